The Morgan fingerprint density at radius 3 is 2.15 bits per heavy atom. The molecule has 26 heavy (non-hydrogen) atoms. The summed E-state index contributed by atoms with van der Waals surface area (Å²) in [6, 6.07) is 10.8. The Labute approximate surface area is 159 Å². The molecular formula is C19H24N2O3S2. The number of carbonyl (C=O) groups excluding carboxylic acids is 1. The highest BCUT2D eigenvalue weighted by Crippen LogP contribution is 2.23. The van der Waals surface area contributed by atoms with Crippen LogP contribution in [0.25, 0.3) is 0 Å². The van der Waals surface area contributed by atoms with Crippen molar-refractivity contribution in [3.05, 3.63) is 53.7 Å². The van der Waals surface area contributed by atoms with Gasteiger partial charge in [0.2, 0.25) is 10.0 Å². The fourth-order valence-corrected chi connectivity index (χ4v) is 3.78. The topological polar surface area (TPSA) is 67.3 Å². The number of benzene rings is 1. The van der Waals surface area contributed by atoms with Gasteiger partial charge in [-0.25, -0.2) is 17.7 Å². The molecule has 0 aliphatic heterocycles. The third-order valence-electron chi connectivity index (χ3n) is 3.91. The van der Waals surface area contributed by atoms with E-state index in [0.29, 0.717) is 10.6 Å². The van der Waals surface area contributed by atoms with Crippen LogP contribution in [0.2, 0.25) is 0 Å². The molecule has 0 fully saturated rings. The largest absolute Gasteiger partial charge is 0.293 e. The van der Waals surface area contributed by atoms with Crippen LogP contribution in [0.1, 0.15) is 36.7 Å². The number of ketones is 1. The zero-order valence-corrected chi connectivity index (χ0v) is 17.3. The molecule has 2 aromatic rings. The molecule has 7 heteroatoms. The number of Topliss-reactive ketones (excluding diaryl/α,β-unsaturated/α-hetero) is 1. The fourth-order valence-electron chi connectivity index (χ4n) is 2.19. The maximum Gasteiger partial charge on any atom is 0.244 e. The number of thioether (sulfide) groups is 1. The monoisotopic (exact) mass is 392 g/mol. The average molecular weight is 393 g/mol. The molecule has 0 amide bonds. The summed E-state index contributed by atoms with van der Waals surface area (Å²) in [7, 11) is -0.542. The zero-order chi connectivity index (χ0) is 19.5. The molecule has 2 rings (SSSR count). The van der Waals surface area contributed by atoms with Gasteiger partial charge < -0.3 is 0 Å². The van der Waals surface area contributed by atoms with Crippen molar-refractivity contribution in [3.63, 3.8) is 0 Å². The first-order valence-corrected chi connectivity index (χ1v) is 10.6. The summed E-state index contributed by atoms with van der Waals surface area (Å²) in [5.74, 6) is 0.268. The third-order valence-corrected chi connectivity index (χ3v) is 6.65. The maximum atomic E-state index is 12.3. The van der Waals surface area contributed by atoms with Gasteiger partial charge in [-0.05, 0) is 23.1 Å². The lowest BCUT2D eigenvalue weighted by Crippen LogP contribution is -2.22. The van der Waals surface area contributed by atoms with Crippen molar-refractivity contribution in [2.45, 2.75) is 36.1 Å². The standard InChI is InChI=1S/C19H24N2O3S2/c1-19(2,3)15-8-6-14(7-9-15)17(22)13-25-18-11-10-16(12-20-18)26(23,24)21(4)5/h6-12H,13H2,1-5H3. The van der Waals surface area contributed by atoms with Gasteiger partial charge in [-0.1, -0.05) is 56.8 Å². The van der Waals surface area contributed by atoms with Crippen molar-refractivity contribution in [1.29, 1.82) is 0 Å². The van der Waals surface area contributed by atoms with E-state index in [1.165, 1.54) is 43.7 Å². The van der Waals surface area contributed by atoms with Crippen molar-refractivity contribution in [3.8, 4) is 0 Å². The lowest BCUT2D eigenvalue weighted by atomic mass is 9.86. The number of rotatable bonds is 6. The van der Waals surface area contributed by atoms with Crippen LogP contribution in [0.15, 0.2) is 52.5 Å². The number of pyridine rings is 1. The van der Waals surface area contributed by atoms with E-state index in [-0.39, 0.29) is 21.8 Å². The summed E-state index contributed by atoms with van der Waals surface area (Å²) in [5.41, 5.74) is 1.90. The predicted molar refractivity (Wildman–Crippen MR) is 105 cm³/mol. The number of aromatic nitrogens is 1. The van der Waals surface area contributed by atoms with E-state index in [1.54, 1.807) is 6.07 Å². The second-order valence-electron chi connectivity index (χ2n) is 7.16. The highest BCUT2D eigenvalue weighted by atomic mass is 32.2. The van der Waals surface area contributed by atoms with Gasteiger partial charge in [0.1, 0.15) is 4.90 Å². The molecule has 1 aromatic carbocycles. The number of hydrogen-bond donors (Lipinski definition) is 0. The molecular weight excluding hydrogens is 368 g/mol. The normalized spacial score (nSPS) is 12.4. The Hall–Kier alpha value is -1.70. The van der Waals surface area contributed by atoms with E-state index >= 15 is 0 Å². The Kier molecular flexibility index (Phi) is 6.26. The van der Waals surface area contributed by atoms with Crippen LogP contribution in [0, 0.1) is 0 Å². The first-order valence-electron chi connectivity index (χ1n) is 8.17. The number of carbonyl (C=O) groups is 1. The molecule has 0 atom stereocenters. The van der Waals surface area contributed by atoms with E-state index in [2.05, 4.69) is 25.8 Å². The Bertz CT molecular complexity index is 866. The van der Waals surface area contributed by atoms with Crippen LogP contribution in [-0.2, 0) is 15.4 Å². The second-order valence-corrected chi connectivity index (χ2v) is 10.3. The molecule has 1 aromatic heterocycles. The van der Waals surface area contributed by atoms with E-state index in [0.717, 1.165) is 4.31 Å². The Balaban J connectivity index is 2.01. The summed E-state index contributed by atoms with van der Waals surface area (Å²) in [6.07, 6.45) is 1.32. The van der Waals surface area contributed by atoms with Crippen LogP contribution in [0.5, 0.6) is 0 Å². The van der Waals surface area contributed by atoms with Crippen molar-refractivity contribution < 1.29 is 13.2 Å². The molecule has 0 spiro atoms. The molecule has 1 heterocycles. The first-order chi connectivity index (χ1) is 12.0. The number of sulfonamides is 1. The lowest BCUT2D eigenvalue weighted by Gasteiger charge is -2.18. The molecule has 0 aliphatic rings. The van der Waals surface area contributed by atoms with Crippen LogP contribution < -0.4 is 0 Å². The molecule has 0 radical (unpaired) electrons. The molecule has 0 N–H and O–H groups in total. The second kappa shape index (κ2) is 7.90. The molecule has 140 valence electrons. The van der Waals surface area contributed by atoms with E-state index in [4.69, 9.17) is 0 Å². The molecule has 5 nitrogen and oxygen atoms in total. The lowest BCUT2D eigenvalue weighted by molar-refractivity contribution is 0.102. The van der Waals surface area contributed by atoms with Gasteiger partial charge in [-0.2, -0.15) is 0 Å². The molecule has 0 saturated heterocycles. The minimum atomic E-state index is -3.49. The highest BCUT2D eigenvalue weighted by Gasteiger charge is 2.18. The van der Waals surface area contributed by atoms with Gasteiger partial charge >= 0.3 is 0 Å². The predicted octanol–water partition coefficient (Wildman–Crippen LogP) is 3.60. The Morgan fingerprint density at radius 2 is 1.69 bits per heavy atom. The van der Waals surface area contributed by atoms with E-state index < -0.39 is 10.0 Å². The summed E-state index contributed by atoms with van der Waals surface area (Å²) >= 11 is 1.29. The van der Waals surface area contributed by atoms with Gasteiger partial charge in [-0.3, -0.25) is 4.79 Å². The van der Waals surface area contributed by atoms with Crippen molar-refractivity contribution in [2.75, 3.05) is 19.8 Å². The minimum absolute atomic E-state index is 0.0160. The van der Waals surface area contributed by atoms with Gasteiger partial charge in [-0.15, -0.1) is 0 Å². The molecule has 0 bridgehead atoms. The van der Waals surface area contributed by atoms with Gasteiger partial charge in [0.05, 0.1) is 10.8 Å². The van der Waals surface area contributed by atoms with Gasteiger partial charge in [0, 0.05) is 25.9 Å². The SMILES string of the molecule is CN(C)S(=O)(=O)c1ccc(SCC(=O)c2ccc(C(C)(C)C)cc2)nc1. The smallest absolute Gasteiger partial charge is 0.244 e. The summed E-state index contributed by atoms with van der Waals surface area (Å²) in [5, 5.41) is 0.613. The summed E-state index contributed by atoms with van der Waals surface area (Å²) < 4.78 is 25.2. The third kappa shape index (κ3) is 4.93. The maximum absolute atomic E-state index is 12.3. The summed E-state index contributed by atoms with van der Waals surface area (Å²) in [6.45, 7) is 6.39. The van der Waals surface area contributed by atoms with Crippen LogP contribution in [-0.4, -0.2) is 43.3 Å². The molecule has 0 aliphatic carbocycles. The van der Waals surface area contributed by atoms with Gasteiger partial charge in [0.25, 0.3) is 0 Å². The van der Waals surface area contributed by atoms with Crippen LogP contribution in [0.4, 0.5) is 0 Å². The molecule has 0 unspecified atom stereocenters. The van der Waals surface area contributed by atoms with Crippen molar-refractivity contribution in [2.24, 2.45) is 0 Å². The quantitative estimate of drug-likeness (QED) is 0.555. The Morgan fingerprint density at radius 1 is 1.08 bits per heavy atom. The first kappa shape index (κ1) is 20.6. The van der Waals surface area contributed by atoms with Crippen molar-refractivity contribution >= 4 is 27.6 Å². The minimum Gasteiger partial charge on any atom is -0.293 e. The number of hydrogen-bond acceptors (Lipinski definition) is 5. The van der Waals surface area contributed by atoms with Gasteiger partial charge in [0.15, 0.2) is 5.78 Å². The van der Waals surface area contributed by atoms with Crippen LogP contribution >= 0.6 is 11.8 Å². The number of nitrogens with zero attached hydrogens (tertiary/aromatic N) is 2. The summed E-state index contributed by atoms with van der Waals surface area (Å²) in [4.78, 5) is 16.6. The van der Waals surface area contributed by atoms with Crippen molar-refractivity contribution in [1.82, 2.24) is 9.29 Å². The average Bonchev–Trinajstić information content (AvgIpc) is 2.59. The fraction of sp³-hybridized carbons (Fsp3) is 0.368. The molecule has 0 saturated carbocycles. The van der Waals surface area contributed by atoms with Crippen LogP contribution in [0.3, 0.4) is 0 Å². The zero-order valence-electron chi connectivity index (χ0n) is 15.7. The van der Waals surface area contributed by atoms with E-state index in [1.807, 2.05) is 24.3 Å². The van der Waals surface area contributed by atoms with E-state index in [9.17, 15) is 13.2 Å². The highest BCUT2D eigenvalue weighted by molar-refractivity contribution is 7.99.